The number of likely N-dealkylation sites (tertiary alicyclic amines) is 1. The van der Waals surface area contributed by atoms with Crippen LogP contribution in [0, 0.1) is 0 Å². The Labute approximate surface area is 170 Å². The Hall–Kier alpha value is -3.08. The molecule has 1 saturated heterocycles. The lowest BCUT2D eigenvalue weighted by molar-refractivity contribution is -0.141. The van der Waals surface area contributed by atoms with Gasteiger partial charge in [-0.2, -0.15) is 0 Å². The maximum Gasteiger partial charge on any atom is 0.295 e. The van der Waals surface area contributed by atoms with Gasteiger partial charge in [0.1, 0.15) is 11.5 Å². The molecule has 0 bridgehead atoms. The van der Waals surface area contributed by atoms with Crippen LogP contribution >= 0.6 is 0 Å². The first-order valence-electron chi connectivity index (χ1n) is 10.1. The number of ether oxygens (including phenoxy) is 1. The minimum Gasteiger partial charge on any atom is -0.507 e. The van der Waals surface area contributed by atoms with Crippen LogP contribution < -0.4 is 4.74 Å². The van der Waals surface area contributed by atoms with E-state index in [-0.39, 0.29) is 17.4 Å². The fraction of sp³-hybridized carbons (Fsp3) is 0.333. The van der Waals surface area contributed by atoms with E-state index in [0.29, 0.717) is 11.3 Å². The molecule has 2 fully saturated rings. The third-order valence-electron chi connectivity index (χ3n) is 5.93. The van der Waals surface area contributed by atoms with Gasteiger partial charge in [-0.3, -0.25) is 9.59 Å². The minimum absolute atomic E-state index is 0.0174. The number of carbonyl (C=O) groups is 2. The number of para-hydroxylation sites is 1. The fourth-order valence-electron chi connectivity index (χ4n) is 4.54. The predicted molar refractivity (Wildman–Crippen MR) is 110 cm³/mol. The largest absolute Gasteiger partial charge is 0.507 e. The minimum atomic E-state index is -0.658. The predicted octanol–water partition coefficient (Wildman–Crippen LogP) is 4.45. The first-order valence-corrected chi connectivity index (χ1v) is 10.1. The molecule has 1 unspecified atom stereocenters. The third-order valence-corrected chi connectivity index (χ3v) is 5.93. The number of aliphatic hydroxyl groups excluding tert-OH is 1. The number of carbonyl (C=O) groups excluding carboxylic acids is 2. The summed E-state index contributed by atoms with van der Waals surface area (Å²) in [6.07, 6.45) is 4.94. The van der Waals surface area contributed by atoms with Crippen molar-refractivity contribution in [2.45, 2.75) is 44.2 Å². The van der Waals surface area contributed by atoms with Crippen molar-refractivity contribution in [3.05, 3.63) is 71.3 Å². The van der Waals surface area contributed by atoms with Crippen molar-refractivity contribution in [3.63, 3.8) is 0 Å². The van der Waals surface area contributed by atoms with Gasteiger partial charge >= 0.3 is 0 Å². The maximum atomic E-state index is 13.1. The van der Waals surface area contributed by atoms with Crippen LogP contribution in [0.15, 0.2) is 60.2 Å². The number of hydrogen-bond donors (Lipinski definition) is 1. The van der Waals surface area contributed by atoms with Gasteiger partial charge in [-0.1, -0.05) is 67.8 Å². The number of rotatable bonds is 4. The normalized spacial score (nSPS) is 22.1. The zero-order valence-electron chi connectivity index (χ0n) is 16.5. The summed E-state index contributed by atoms with van der Waals surface area (Å²) in [7, 11) is 1.57. The van der Waals surface area contributed by atoms with E-state index in [9.17, 15) is 14.7 Å². The van der Waals surface area contributed by atoms with Crippen LogP contribution in [0.25, 0.3) is 5.76 Å². The number of benzene rings is 2. The van der Waals surface area contributed by atoms with Gasteiger partial charge in [-0.25, -0.2) is 0 Å². The molecule has 1 aliphatic carbocycles. The molecule has 5 heteroatoms. The van der Waals surface area contributed by atoms with Crippen LogP contribution in [0.5, 0.6) is 5.75 Å². The molecule has 2 aromatic rings. The Morgan fingerprint density at radius 1 is 0.966 bits per heavy atom. The Morgan fingerprint density at radius 3 is 2.31 bits per heavy atom. The average molecular weight is 391 g/mol. The van der Waals surface area contributed by atoms with Gasteiger partial charge in [-0.15, -0.1) is 0 Å². The van der Waals surface area contributed by atoms with Gasteiger partial charge in [0.15, 0.2) is 0 Å². The van der Waals surface area contributed by atoms with Crippen molar-refractivity contribution < 1.29 is 19.4 Å². The second kappa shape index (κ2) is 8.11. The molecule has 1 aliphatic heterocycles. The molecule has 0 radical (unpaired) electrons. The van der Waals surface area contributed by atoms with Crippen LogP contribution in [0.3, 0.4) is 0 Å². The highest BCUT2D eigenvalue weighted by Gasteiger charge is 2.49. The Balaban J connectivity index is 1.91. The molecule has 4 rings (SSSR count). The summed E-state index contributed by atoms with van der Waals surface area (Å²) in [4.78, 5) is 27.9. The molecule has 0 aromatic heterocycles. The summed E-state index contributed by atoms with van der Waals surface area (Å²) >= 11 is 0. The number of aliphatic hydroxyl groups is 1. The fourth-order valence-corrected chi connectivity index (χ4v) is 4.54. The second-order valence-electron chi connectivity index (χ2n) is 7.61. The molecular formula is C24H25NO4. The van der Waals surface area contributed by atoms with Gasteiger partial charge in [0, 0.05) is 17.2 Å². The molecule has 1 saturated carbocycles. The highest BCUT2D eigenvalue weighted by atomic mass is 16.5. The van der Waals surface area contributed by atoms with E-state index in [4.69, 9.17) is 4.74 Å². The molecule has 1 N–H and O–H groups in total. The molecule has 150 valence electrons. The molecule has 1 amide bonds. The van der Waals surface area contributed by atoms with E-state index in [0.717, 1.165) is 37.7 Å². The maximum absolute atomic E-state index is 13.1. The molecule has 1 heterocycles. The average Bonchev–Trinajstić information content (AvgIpc) is 3.05. The van der Waals surface area contributed by atoms with E-state index in [1.807, 2.05) is 30.3 Å². The summed E-state index contributed by atoms with van der Waals surface area (Å²) in [5.74, 6) is -0.713. The third kappa shape index (κ3) is 3.41. The van der Waals surface area contributed by atoms with Crippen LogP contribution in [0.1, 0.15) is 49.3 Å². The molecular weight excluding hydrogens is 366 g/mol. The molecule has 0 spiro atoms. The van der Waals surface area contributed by atoms with E-state index in [2.05, 4.69) is 0 Å². The lowest BCUT2D eigenvalue weighted by Gasteiger charge is -2.35. The van der Waals surface area contributed by atoms with Crippen molar-refractivity contribution in [3.8, 4) is 5.75 Å². The van der Waals surface area contributed by atoms with Crippen LogP contribution in [0.2, 0.25) is 0 Å². The number of amides is 1. The van der Waals surface area contributed by atoms with Crippen molar-refractivity contribution in [1.29, 1.82) is 0 Å². The highest BCUT2D eigenvalue weighted by molar-refractivity contribution is 6.46. The molecule has 2 aliphatic rings. The Kier molecular flexibility index (Phi) is 5.38. The van der Waals surface area contributed by atoms with Crippen LogP contribution in [0.4, 0.5) is 0 Å². The van der Waals surface area contributed by atoms with E-state index in [1.165, 1.54) is 0 Å². The standard InChI is InChI=1S/C24H25NO4/c1-29-19-15-9-8-14-18(19)21-20(22(26)16-10-4-2-5-11-16)23(27)24(28)25(21)17-12-6-3-7-13-17/h2,4-5,8-11,14-15,17,21,26H,3,6-7,12-13H2,1H3/b22-20-. The topological polar surface area (TPSA) is 66.8 Å². The number of Topliss-reactive ketones (excluding diaryl/α,β-unsaturated/α-hetero) is 1. The first kappa shape index (κ1) is 19.2. The van der Waals surface area contributed by atoms with E-state index in [1.54, 1.807) is 36.3 Å². The summed E-state index contributed by atoms with van der Waals surface area (Å²) in [5, 5.41) is 11.1. The SMILES string of the molecule is COc1ccccc1C1/C(=C(/O)c2ccccc2)C(=O)C(=O)N1C1CCCCC1. The van der Waals surface area contributed by atoms with Crippen LogP contribution in [-0.4, -0.2) is 34.8 Å². The lowest BCUT2D eigenvalue weighted by Crippen LogP contribution is -2.40. The first-order chi connectivity index (χ1) is 14.1. The summed E-state index contributed by atoms with van der Waals surface area (Å²) < 4.78 is 5.54. The molecule has 5 nitrogen and oxygen atoms in total. The van der Waals surface area contributed by atoms with Crippen molar-refractivity contribution in [1.82, 2.24) is 4.90 Å². The number of hydrogen-bond acceptors (Lipinski definition) is 4. The van der Waals surface area contributed by atoms with Gasteiger partial charge in [-0.05, 0) is 18.9 Å². The quantitative estimate of drug-likeness (QED) is 0.475. The smallest absolute Gasteiger partial charge is 0.295 e. The van der Waals surface area contributed by atoms with Gasteiger partial charge in [0.2, 0.25) is 0 Å². The Morgan fingerprint density at radius 2 is 1.62 bits per heavy atom. The zero-order valence-corrected chi connectivity index (χ0v) is 16.5. The second-order valence-corrected chi connectivity index (χ2v) is 7.61. The number of nitrogens with zero attached hydrogens (tertiary/aromatic N) is 1. The van der Waals surface area contributed by atoms with Crippen LogP contribution in [-0.2, 0) is 9.59 Å². The van der Waals surface area contributed by atoms with Gasteiger partial charge < -0.3 is 14.7 Å². The summed E-state index contributed by atoms with van der Waals surface area (Å²) in [6.45, 7) is 0. The lowest BCUT2D eigenvalue weighted by atomic mass is 9.90. The summed E-state index contributed by atoms with van der Waals surface area (Å²) in [5.41, 5.74) is 1.38. The van der Waals surface area contributed by atoms with Gasteiger partial charge in [0.25, 0.3) is 11.7 Å². The van der Waals surface area contributed by atoms with Crippen molar-refractivity contribution >= 4 is 17.4 Å². The summed E-state index contributed by atoms with van der Waals surface area (Å²) in [6, 6.07) is 15.6. The van der Waals surface area contributed by atoms with Crippen molar-refractivity contribution in [2.24, 2.45) is 0 Å². The van der Waals surface area contributed by atoms with E-state index < -0.39 is 17.7 Å². The van der Waals surface area contributed by atoms with Crippen molar-refractivity contribution in [2.75, 3.05) is 7.11 Å². The number of methoxy groups -OCH3 is 1. The zero-order chi connectivity index (χ0) is 20.4. The van der Waals surface area contributed by atoms with Gasteiger partial charge in [0.05, 0.1) is 18.7 Å². The van der Waals surface area contributed by atoms with E-state index >= 15 is 0 Å². The molecule has 1 atom stereocenters. The highest BCUT2D eigenvalue weighted by Crippen LogP contribution is 2.45. The Bertz CT molecular complexity index is 944. The number of ketones is 1. The molecule has 2 aromatic carbocycles. The molecule has 29 heavy (non-hydrogen) atoms. The monoisotopic (exact) mass is 391 g/mol.